The molecule has 1 aliphatic rings. The van der Waals surface area contributed by atoms with Crippen LogP contribution in [0.2, 0.25) is 0 Å². The molecule has 0 bridgehead atoms. The monoisotopic (exact) mass is 388 g/mol. The maximum absolute atomic E-state index is 13.3. The predicted octanol–water partition coefficient (Wildman–Crippen LogP) is 1.98. The number of aromatic nitrogens is 1. The van der Waals surface area contributed by atoms with Crippen molar-refractivity contribution in [3.8, 4) is 11.5 Å². The van der Waals surface area contributed by atoms with E-state index in [2.05, 4.69) is 0 Å². The largest absolute Gasteiger partial charge is 0.493 e. The molecule has 1 aromatic heterocycles. The van der Waals surface area contributed by atoms with E-state index in [9.17, 15) is 19.5 Å². The lowest BCUT2D eigenvalue weighted by Crippen LogP contribution is -2.42. The molecule has 1 amide bonds. The number of carboxylic acids is 1. The normalized spacial score (nSPS) is 16.8. The van der Waals surface area contributed by atoms with Crippen LogP contribution in [0, 0.1) is 5.92 Å². The molecule has 8 heteroatoms. The molecule has 3 rings (SSSR count). The highest BCUT2D eigenvalue weighted by molar-refractivity contribution is 6.07. The smallest absolute Gasteiger partial charge is 0.308 e. The van der Waals surface area contributed by atoms with Crippen molar-refractivity contribution in [2.45, 2.75) is 26.3 Å². The quantitative estimate of drug-likeness (QED) is 0.841. The summed E-state index contributed by atoms with van der Waals surface area (Å²) in [5, 5.41) is 10.1. The molecule has 1 N–H and O–H groups in total. The first-order valence-corrected chi connectivity index (χ1v) is 9.22. The number of carbonyl (C=O) groups is 2. The van der Waals surface area contributed by atoms with E-state index in [1.54, 1.807) is 23.2 Å². The first-order chi connectivity index (χ1) is 13.4. The number of nitrogens with zero attached hydrogens (tertiary/aromatic N) is 2. The van der Waals surface area contributed by atoms with E-state index in [0.717, 1.165) is 0 Å². The second kappa shape index (κ2) is 7.92. The standard InChI is InChI=1S/C20H24N2O6/c1-4-21-11-15(19(24)22-7-5-6-12(10-22)20(25)26)13-8-16(27-2)17(28-3)9-14(13)18(21)23/h8-9,11-12H,4-7,10H2,1-3H3,(H,25,26). The van der Waals surface area contributed by atoms with Gasteiger partial charge in [-0.3, -0.25) is 14.4 Å². The number of aliphatic carboxylic acids is 1. The zero-order valence-corrected chi connectivity index (χ0v) is 16.2. The maximum Gasteiger partial charge on any atom is 0.308 e. The highest BCUT2D eigenvalue weighted by Crippen LogP contribution is 2.33. The van der Waals surface area contributed by atoms with Crippen LogP contribution in [0.4, 0.5) is 0 Å². The van der Waals surface area contributed by atoms with Gasteiger partial charge >= 0.3 is 5.97 Å². The number of methoxy groups -OCH3 is 2. The van der Waals surface area contributed by atoms with E-state index >= 15 is 0 Å². The van der Waals surface area contributed by atoms with Crippen molar-refractivity contribution in [3.63, 3.8) is 0 Å². The van der Waals surface area contributed by atoms with Gasteiger partial charge < -0.3 is 24.0 Å². The van der Waals surface area contributed by atoms with Crippen LogP contribution < -0.4 is 15.0 Å². The first-order valence-electron chi connectivity index (χ1n) is 9.22. The fraction of sp³-hybridized carbons (Fsp3) is 0.450. The second-order valence-corrected chi connectivity index (χ2v) is 6.82. The van der Waals surface area contributed by atoms with Crippen LogP contribution >= 0.6 is 0 Å². The molecule has 1 unspecified atom stereocenters. The summed E-state index contributed by atoms with van der Waals surface area (Å²) in [6.07, 6.45) is 2.73. The van der Waals surface area contributed by atoms with Gasteiger partial charge in [-0.25, -0.2) is 0 Å². The summed E-state index contributed by atoms with van der Waals surface area (Å²) in [6, 6.07) is 3.21. The van der Waals surface area contributed by atoms with Gasteiger partial charge in [0.05, 0.1) is 31.1 Å². The highest BCUT2D eigenvalue weighted by Gasteiger charge is 2.30. The molecule has 1 saturated heterocycles. The third-order valence-corrected chi connectivity index (χ3v) is 5.22. The van der Waals surface area contributed by atoms with Gasteiger partial charge in [0.2, 0.25) is 0 Å². The summed E-state index contributed by atoms with van der Waals surface area (Å²) < 4.78 is 12.1. The topological polar surface area (TPSA) is 98.1 Å². The number of pyridine rings is 1. The molecule has 1 fully saturated rings. The molecule has 0 radical (unpaired) electrons. The van der Waals surface area contributed by atoms with Crippen molar-refractivity contribution in [1.29, 1.82) is 0 Å². The lowest BCUT2D eigenvalue weighted by molar-refractivity contribution is -0.143. The summed E-state index contributed by atoms with van der Waals surface area (Å²) >= 11 is 0. The van der Waals surface area contributed by atoms with Crippen LogP contribution in [0.3, 0.4) is 0 Å². The van der Waals surface area contributed by atoms with E-state index in [-0.39, 0.29) is 18.0 Å². The number of aryl methyl sites for hydroxylation is 1. The van der Waals surface area contributed by atoms with Crippen LogP contribution in [0.15, 0.2) is 23.1 Å². The number of carbonyl (C=O) groups excluding carboxylic acids is 1. The highest BCUT2D eigenvalue weighted by atomic mass is 16.5. The van der Waals surface area contributed by atoms with Crippen molar-refractivity contribution < 1.29 is 24.2 Å². The second-order valence-electron chi connectivity index (χ2n) is 6.82. The number of hydrogen-bond donors (Lipinski definition) is 1. The molecule has 150 valence electrons. The number of carboxylic acid groups (broad SMARTS) is 1. The van der Waals surface area contributed by atoms with Crippen molar-refractivity contribution >= 4 is 22.6 Å². The fourth-order valence-corrected chi connectivity index (χ4v) is 3.66. The summed E-state index contributed by atoms with van der Waals surface area (Å²) in [5.41, 5.74) is 0.125. The molecule has 0 aliphatic carbocycles. The molecule has 8 nitrogen and oxygen atoms in total. The number of amides is 1. The summed E-state index contributed by atoms with van der Waals surface area (Å²) in [4.78, 5) is 39.0. The Balaban J connectivity index is 2.16. The summed E-state index contributed by atoms with van der Waals surface area (Å²) in [6.45, 7) is 2.88. The average molecular weight is 388 g/mol. The lowest BCUT2D eigenvalue weighted by Gasteiger charge is -2.31. The van der Waals surface area contributed by atoms with Crippen LogP contribution in [-0.4, -0.2) is 53.8 Å². The number of rotatable bonds is 5. The van der Waals surface area contributed by atoms with E-state index in [1.165, 1.54) is 18.8 Å². The van der Waals surface area contributed by atoms with Crippen molar-refractivity contribution in [2.24, 2.45) is 5.92 Å². The van der Waals surface area contributed by atoms with E-state index in [1.807, 2.05) is 6.92 Å². The SMILES string of the molecule is CCn1cc(C(=O)N2CCCC(C(=O)O)C2)c2cc(OC)c(OC)cc2c1=O. The molecule has 28 heavy (non-hydrogen) atoms. The predicted molar refractivity (Wildman–Crippen MR) is 103 cm³/mol. The van der Waals surface area contributed by atoms with Crippen molar-refractivity contribution in [1.82, 2.24) is 9.47 Å². The Kier molecular flexibility index (Phi) is 5.58. The van der Waals surface area contributed by atoms with Crippen molar-refractivity contribution in [2.75, 3.05) is 27.3 Å². The minimum absolute atomic E-state index is 0.161. The summed E-state index contributed by atoms with van der Waals surface area (Å²) in [5.74, 6) is -0.934. The minimum Gasteiger partial charge on any atom is -0.493 e. The van der Waals surface area contributed by atoms with Gasteiger partial charge in [-0.05, 0) is 31.9 Å². The number of piperidine rings is 1. The average Bonchev–Trinajstić information content (AvgIpc) is 2.72. The van der Waals surface area contributed by atoms with Gasteiger partial charge in [-0.15, -0.1) is 0 Å². The van der Waals surface area contributed by atoms with Gasteiger partial charge in [0.15, 0.2) is 11.5 Å². The van der Waals surface area contributed by atoms with Crippen LogP contribution in [0.5, 0.6) is 11.5 Å². The zero-order valence-electron chi connectivity index (χ0n) is 16.2. The Bertz CT molecular complexity index is 981. The first kappa shape index (κ1) is 19.7. The molecular formula is C20H24N2O6. The van der Waals surface area contributed by atoms with E-state index in [4.69, 9.17) is 9.47 Å². The number of fused-ring (bicyclic) bond motifs is 1. The third-order valence-electron chi connectivity index (χ3n) is 5.22. The molecule has 0 spiro atoms. The minimum atomic E-state index is -0.896. The Morgan fingerprint density at radius 2 is 1.82 bits per heavy atom. The number of ether oxygens (including phenoxy) is 2. The van der Waals surface area contributed by atoms with Gasteiger partial charge in [-0.1, -0.05) is 0 Å². The van der Waals surface area contributed by atoms with Gasteiger partial charge in [0, 0.05) is 31.2 Å². The molecule has 2 heterocycles. The lowest BCUT2D eigenvalue weighted by atomic mass is 9.97. The Morgan fingerprint density at radius 3 is 2.39 bits per heavy atom. The van der Waals surface area contributed by atoms with Gasteiger partial charge in [-0.2, -0.15) is 0 Å². The molecular weight excluding hydrogens is 364 g/mol. The molecule has 1 aromatic carbocycles. The Hall–Kier alpha value is -3.03. The maximum atomic E-state index is 13.3. The number of benzene rings is 1. The van der Waals surface area contributed by atoms with Crippen molar-refractivity contribution in [3.05, 3.63) is 34.2 Å². The molecule has 1 atom stereocenters. The fourth-order valence-electron chi connectivity index (χ4n) is 3.66. The van der Waals surface area contributed by atoms with Gasteiger partial charge in [0.25, 0.3) is 11.5 Å². The van der Waals surface area contributed by atoms with E-state index in [0.29, 0.717) is 53.8 Å². The van der Waals surface area contributed by atoms with Gasteiger partial charge in [0.1, 0.15) is 0 Å². The third kappa shape index (κ3) is 3.42. The molecule has 1 aliphatic heterocycles. The zero-order chi connectivity index (χ0) is 20.4. The molecule has 2 aromatic rings. The Morgan fingerprint density at radius 1 is 1.18 bits per heavy atom. The Labute approximate surface area is 162 Å². The number of likely N-dealkylation sites (tertiary alicyclic amines) is 1. The van der Waals surface area contributed by atoms with Crippen LogP contribution in [0.1, 0.15) is 30.1 Å². The summed E-state index contributed by atoms with van der Waals surface area (Å²) in [7, 11) is 2.97. The number of hydrogen-bond acceptors (Lipinski definition) is 5. The van der Waals surface area contributed by atoms with Crippen LogP contribution in [-0.2, 0) is 11.3 Å². The van der Waals surface area contributed by atoms with Crippen LogP contribution in [0.25, 0.3) is 10.8 Å². The van der Waals surface area contributed by atoms with E-state index < -0.39 is 11.9 Å². The molecule has 0 saturated carbocycles.